The summed E-state index contributed by atoms with van der Waals surface area (Å²) in [7, 11) is 0. The quantitative estimate of drug-likeness (QED) is 0.749. The predicted molar refractivity (Wildman–Crippen MR) is 59.6 cm³/mol. The summed E-state index contributed by atoms with van der Waals surface area (Å²) in [5.41, 5.74) is 0.0551. The van der Waals surface area contributed by atoms with Crippen LogP contribution in [-0.4, -0.2) is 23.7 Å². The molecule has 0 spiro atoms. The lowest BCUT2D eigenvalue weighted by atomic mass is 10.2. The molecule has 0 fully saturated rings. The van der Waals surface area contributed by atoms with E-state index < -0.39 is 11.7 Å². The first-order chi connectivity index (χ1) is 7.61. The third-order valence-electron chi connectivity index (χ3n) is 2.20. The molecule has 0 aliphatic rings. The van der Waals surface area contributed by atoms with Crippen molar-refractivity contribution in [2.24, 2.45) is 0 Å². The van der Waals surface area contributed by atoms with E-state index in [2.05, 4.69) is 5.32 Å². The van der Waals surface area contributed by atoms with Gasteiger partial charge in [-0.2, -0.15) is 0 Å². The lowest BCUT2D eigenvalue weighted by Crippen LogP contribution is -2.25. The standard InChI is InChI=1S/C12H16FNO2/c1-9(15)5-4-8-14-12(16)10-6-2-3-7-11(10)13/h2-3,6-7,9,15H,4-5,8H2,1H3,(H,14,16). The zero-order chi connectivity index (χ0) is 12.0. The van der Waals surface area contributed by atoms with E-state index in [1.807, 2.05) is 0 Å². The van der Waals surface area contributed by atoms with Crippen molar-refractivity contribution in [2.75, 3.05) is 6.54 Å². The highest BCUT2D eigenvalue weighted by Crippen LogP contribution is 2.05. The number of nitrogens with one attached hydrogen (secondary N) is 1. The van der Waals surface area contributed by atoms with Gasteiger partial charge in [-0.05, 0) is 31.9 Å². The number of benzene rings is 1. The Morgan fingerprint density at radius 1 is 1.50 bits per heavy atom. The predicted octanol–water partition coefficient (Wildman–Crippen LogP) is 1.72. The van der Waals surface area contributed by atoms with Gasteiger partial charge in [-0.1, -0.05) is 12.1 Å². The molecule has 0 bridgehead atoms. The van der Waals surface area contributed by atoms with E-state index in [1.165, 1.54) is 12.1 Å². The van der Waals surface area contributed by atoms with Crippen molar-refractivity contribution in [3.63, 3.8) is 0 Å². The van der Waals surface area contributed by atoms with Crippen LogP contribution < -0.4 is 5.32 Å². The number of carbonyl (C=O) groups is 1. The van der Waals surface area contributed by atoms with Gasteiger partial charge >= 0.3 is 0 Å². The molecule has 0 aliphatic heterocycles. The van der Waals surface area contributed by atoms with Gasteiger partial charge in [0.25, 0.3) is 5.91 Å². The van der Waals surface area contributed by atoms with Crippen molar-refractivity contribution in [3.8, 4) is 0 Å². The summed E-state index contributed by atoms with van der Waals surface area (Å²) in [6, 6.07) is 5.86. The van der Waals surface area contributed by atoms with Crippen LogP contribution in [-0.2, 0) is 0 Å². The number of aliphatic hydroxyl groups excluding tert-OH is 1. The number of hydrogen-bond donors (Lipinski definition) is 2. The maximum atomic E-state index is 13.2. The Labute approximate surface area is 94.3 Å². The average Bonchev–Trinajstić information content (AvgIpc) is 2.24. The number of hydrogen-bond acceptors (Lipinski definition) is 2. The molecule has 1 unspecified atom stereocenters. The van der Waals surface area contributed by atoms with Gasteiger partial charge in [0, 0.05) is 6.54 Å². The van der Waals surface area contributed by atoms with Gasteiger partial charge in [0.1, 0.15) is 5.82 Å². The summed E-state index contributed by atoms with van der Waals surface area (Å²) >= 11 is 0. The Kier molecular flexibility index (Phi) is 4.92. The van der Waals surface area contributed by atoms with Crippen LogP contribution >= 0.6 is 0 Å². The molecule has 0 saturated heterocycles. The number of aliphatic hydroxyl groups is 1. The summed E-state index contributed by atoms with van der Waals surface area (Å²) in [6.07, 6.45) is 0.931. The molecule has 0 radical (unpaired) electrons. The van der Waals surface area contributed by atoms with Gasteiger partial charge < -0.3 is 10.4 Å². The summed E-state index contributed by atoms with van der Waals surface area (Å²) < 4.78 is 13.2. The Bertz CT molecular complexity index is 353. The third-order valence-corrected chi connectivity index (χ3v) is 2.20. The van der Waals surface area contributed by atoms with Gasteiger partial charge in [0.15, 0.2) is 0 Å². The van der Waals surface area contributed by atoms with Crippen molar-refractivity contribution < 1.29 is 14.3 Å². The highest BCUT2D eigenvalue weighted by Gasteiger charge is 2.09. The Balaban J connectivity index is 2.39. The van der Waals surface area contributed by atoms with E-state index in [0.717, 1.165) is 0 Å². The molecule has 4 heteroatoms. The largest absolute Gasteiger partial charge is 0.393 e. The first-order valence-electron chi connectivity index (χ1n) is 5.32. The van der Waals surface area contributed by atoms with E-state index in [9.17, 15) is 9.18 Å². The minimum Gasteiger partial charge on any atom is -0.393 e. The minimum absolute atomic E-state index is 0.0551. The fraction of sp³-hybridized carbons (Fsp3) is 0.417. The molecule has 1 atom stereocenters. The fourth-order valence-electron chi connectivity index (χ4n) is 1.34. The van der Waals surface area contributed by atoms with Crippen LogP contribution in [0.1, 0.15) is 30.1 Å². The van der Waals surface area contributed by atoms with Gasteiger partial charge in [0.2, 0.25) is 0 Å². The number of amides is 1. The molecule has 0 aliphatic carbocycles. The zero-order valence-electron chi connectivity index (χ0n) is 9.24. The van der Waals surface area contributed by atoms with E-state index in [1.54, 1.807) is 19.1 Å². The molecule has 1 aromatic carbocycles. The second kappa shape index (κ2) is 6.23. The zero-order valence-corrected chi connectivity index (χ0v) is 9.24. The van der Waals surface area contributed by atoms with E-state index in [-0.39, 0.29) is 11.7 Å². The number of halogens is 1. The van der Waals surface area contributed by atoms with E-state index in [4.69, 9.17) is 5.11 Å². The normalized spacial score (nSPS) is 12.2. The van der Waals surface area contributed by atoms with Crippen LogP contribution in [0.5, 0.6) is 0 Å². The maximum absolute atomic E-state index is 13.2. The Hall–Kier alpha value is -1.42. The van der Waals surface area contributed by atoms with Crippen molar-refractivity contribution in [3.05, 3.63) is 35.6 Å². The minimum atomic E-state index is -0.518. The highest BCUT2D eigenvalue weighted by atomic mass is 19.1. The van der Waals surface area contributed by atoms with Crippen molar-refractivity contribution in [2.45, 2.75) is 25.9 Å². The lowest BCUT2D eigenvalue weighted by Gasteiger charge is -2.06. The highest BCUT2D eigenvalue weighted by molar-refractivity contribution is 5.94. The molecule has 3 nitrogen and oxygen atoms in total. The van der Waals surface area contributed by atoms with Gasteiger partial charge in [-0.25, -0.2) is 4.39 Å². The monoisotopic (exact) mass is 225 g/mol. The van der Waals surface area contributed by atoms with Crippen molar-refractivity contribution in [1.29, 1.82) is 0 Å². The molecular weight excluding hydrogens is 209 g/mol. The molecular formula is C12H16FNO2. The molecule has 2 N–H and O–H groups in total. The van der Waals surface area contributed by atoms with Crippen molar-refractivity contribution in [1.82, 2.24) is 5.32 Å². The molecule has 88 valence electrons. The Morgan fingerprint density at radius 3 is 2.81 bits per heavy atom. The van der Waals surface area contributed by atoms with E-state index >= 15 is 0 Å². The molecule has 0 aromatic heterocycles. The van der Waals surface area contributed by atoms with Crippen molar-refractivity contribution >= 4 is 5.91 Å². The molecule has 16 heavy (non-hydrogen) atoms. The second-order valence-electron chi connectivity index (χ2n) is 3.73. The van der Waals surface area contributed by atoms with E-state index in [0.29, 0.717) is 19.4 Å². The number of rotatable bonds is 5. The lowest BCUT2D eigenvalue weighted by molar-refractivity contribution is 0.0945. The van der Waals surface area contributed by atoms with Crippen LogP contribution in [0.3, 0.4) is 0 Å². The fourth-order valence-corrected chi connectivity index (χ4v) is 1.34. The van der Waals surface area contributed by atoms with Crippen LogP contribution in [0, 0.1) is 5.82 Å². The molecule has 0 saturated carbocycles. The molecule has 1 aromatic rings. The topological polar surface area (TPSA) is 49.3 Å². The second-order valence-corrected chi connectivity index (χ2v) is 3.73. The number of carbonyl (C=O) groups excluding carboxylic acids is 1. The van der Waals surface area contributed by atoms with Crippen LogP contribution in [0.4, 0.5) is 4.39 Å². The van der Waals surface area contributed by atoms with Crippen LogP contribution in [0.25, 0.3) is 0 Å². The first-order valence-corrected chi connectivity index (χ1v) is 5.32. The van der Waals surface area contributed by atoms with Gasteiger partial charge in [-0.15, -0.1) is 0 Å². The molecule has 1 amide bonds. The molecule has 0 heterocycles. The van der Waals surface area contributed by atoms with Gasteiger partial charge in [-0.3, -0.25) is 4.79 Å². The average molecular weight is 225 g/mol. The summed E-state index contributed by atoms with van der Waals surface area (Å²) in [5, 5.41) is 11.6. The third kappa shape index (κ3) is 3.98. The smallest absolute Gasteiger partial charge is 0.254 e. The Morgan fingerprint density at radius 2 is 2.19 bits per heavy atom. The van der Waals surface area contributed by atoms with Gasteiger partial charge in [0.05, 0.1) is 11.7 Å². The van der Waals surface area contributed by atoms with Crippen LogP contribution in [0.2, 0.25) is 0 Å². The SMILES string of the molecule is CC(O)CCCNC(=O)c1ccccc1F. The summed E-state index contributed by atoms with van der Waals surface area (Å²) in [5.74, 6) is -0.931. The maximum Gasteiger partial charge on any atom is 0.254 e. The summed E-state index contributed by atoms with van der Waals surface area (Å²) in [4.78, 5) is 11.5. The first kappa shape index (κ1) is 12.6. The molecule has 1 rings (SSSR count). The summed E-state index contributed by atoms with van der Waals surface area (Å²) in [6.45, 7) is 2.14. The van der Waals surface area contributed by atoms with Crippen LogP contribution in [0.15, 0.2) is 24.3 Å².